The molecule has 1 fully saturated rings. The minimum absolute atomic E-state index is 0.186. The molecule has 0 spiro atoms. The molecule has 0 unspecified atom stereocenters. The molecule has 1 aliphatic heterocycles. The van der Waals surface area contributed by atoms with Crippen molar-refractivity contribution in [1.29, 1.82) is 0 Å². The number of ether oxygens (including phenoxy) is 3. The van der Waals surface area contributed by atoms with Crippen molar-refractivity contribution in [3.05, 3.63) is 104 Å². The quantitative estimate of drug-likeness (QED) is 0.432. The number of aliphatic hydroxyl groups is 2. The Morgan fingerprint density at radius 3 is 2.26 bits per heavy atom. The topological polar surface area (TPSA) is 123 Å². The maximum atomic E-state index is 12.5. The number of hydrogen-bond donors (Lipinski definition) is 3. The summed E-state index contributed by atoms with van der Waals surface area (Å²) in [5.74, 6) is 0. The number of aliphatic hydroxyl groups excluding tert-OH is 2. The third kappa shape index (κ3) is 5.35. The lowest BCUT2D eigenvalue weighted by Gasteiger charge is -2.27. The minimum Gasteiger partial charge on any atom is -0.394 e. The first-order chi connectivity index (χ1) is 16.5. The molecular formula is C25H28N2O7. The van der Waals surface area contributed by atoms with Gasteiger partial charge in [-0.15, -0.1) is 0 Å². The molecule has 0 bridgehead atoms. The first-order valence-electron chi connectivity index (χ1n) is 11.1. The molecule has 34 heavy (non-hydrogen) atoms. The van der Waals surface area contributed by atoms with Crippen LogP contribution in [-0.4, -0.2) is 50.8 Å². The van der Waals surface area contributed by atoms with Crippen LogP contribution in [0.1, 0.15) is 22.9 Å². The molecule has 2 heterocycles. The molecule has 5 atom stereocenters. The van der Waals surface area contributed by atoms with Crippen LogP contribution >= 0.6 is 0 Å². The fourth-order valence-electron chi connectivity index (χ4n) is 3.97. The summed E-state index contributed by atoms with van der Waals surface area (Å²) in [4.78, 5) is 26.5. The zero-order valence-corrected chi connectivity index (χ0v) is 18.7. The molecule has 1 saturated heterocycles. The maximum absolute atomic E-state index is 12.5. The average molecular weight is 469 g/mol. The normalized spacial score (nSPS) is 23.1. The van der Waals surface area contributed by atoms with Crippen LogP contribution in [0.25, 0.3) is 0 Å². The molecule has 0 radical (unpaired) electrons. The molecule has 0 amide bonds. The molecule has 9 nitrogen and oxygen atoms in total. The van der Waals surface area contributed by atoms with Gasteiger partial charge in [-0.25, -0.2) is 4.79 Å². The smallest absolute Gasteiger partial charge is 0.330 e. The molecule has 0 aliphatic carbocycles. The summed E-state index contributed by atoms with van der Waals surface area (Å²) >= 11 is 0. The van der Waals surface area contributed by atoms with Crippen molar-refractivity contribution < 1.29 is 24.4 Å². The lowest BCUT2D eigenvalue weighted by atomic mass is 10.0. The van der Waals surface area contributed by atoms with Gasteiger partial charge in [0.1, 0.15) is 24.4 Å². The molecule has 2 aromatic carbocycles. The zero-order chi connectivity index (χ0) is 24.1. The first-order valence-corrected chi connectivity index (χ1v) is 11.1. The summed E-state index contributed by atoms with van der Waals surface area (Å²) < 4.78 is 19.2. The van der Waals surface area contributed by atoms with Crippen molar-refractivity contribution in [2.75, 3.05) is 6.61 Å². The highest BCUT2D eigenvalue weighted by atomic mass is 16.6. The molecule has 1 aliphatic rings. The monoisotopic (exact) mass is 468 g/mol. The predicted molar refractivity (Wildman–Crippen MR) is 123 cm³/mol. The van der Waals surface area contributed by atoms with E-state index in [1.807, 2.05) is 60.7 Å². The van der Waals surface area contributed by atoms with Crippen molar-refractivity contribution in [3.8, 4) is 0 Å². The average Bonchev–Trinajstić information content (AvgIpc) is 3.17. The van der Waals surface area contributed by atoms with Gasteiger partial charge in [0.2, 0.25) is 0 Å². The number of nitrogens with one attached hydrogen (secondary N) is 1. The number of rotatable bonds is 9. The van der Waals surface area contributed by atoms with Gasteiger partial charge in [0, 0.05) is 11.8 Å². The van der Waals surface area contributed by atoms with E-state index in [0.717, 1.165) is 15.7 Å². The molecular weight excluding hydrogens is 440 g/mol. The van der Waals surface area contributed by atoms with Crippen LogP contribution in [0.3, 0.4) is 0 Å². The Labute approximate surface area is 196 Å². The molecule has 4 rings (SSSR count). The lowest BCUT2D eigenvalue weighted by molar-refractivity contribution is -0.137. The Balaban J connectivity index is 1.59. The van der Waals surface area contributed by atoms with Gasteiger partial charge in [-0.1, -0.05) is 60.7 Å². The maximum Gasteiger partial charge on any atom is 0.330 e. The van der Waals surface area contributed by atoms with E-state index in [0.29, 0.717) is 5.56 Å². The Morgan fingerprint density at radius 2 is 1.65 bits per heavy atom. The van der Waals surface area contributed by atoms with Crippen LogP contribution in [-0.2, 0) is 27.4 Å². The Hall–Kier alpha value is -3.08. The van der Waals surface area contributed by atoms with Crippen LogP contribution in [0.15, 0.2) is 76.4 Å². The standard InChI is InChI=1S/C25H28N2O7/c1-16-12-27(25(31)26-23(16)30)24-20(29)22(33-15-18-10-6-3-7-11-18)21(34-24)19(13-28)32-14-17-8-4-2-5-9-17/h2-12,19-22,24,28-29H,13-15H2,1H3,(H,26,30,31)/t19-,20-,21-,22+,24-/m1/s1. The van der Waals surface area contributed by atoms with Gasteiger partial charge in [0.25, 0.3) is 5.56 Å². The van der Waals surface area contributed by atoms with Crippen LogP contribution in [0, 0.1) is 6.92 Å². The summed E-state index contributed by atoms with van der Waals surface area (Å²) in [7, 11) is 0. The Bertz CT molecular complexity index is 1180. The van der Waals surface area contributed by atoms with E-state index in [1.165, 1.54) is 6.20 Å². The number of aromatic amines is 1. The van der Waals surface area contributed by atoms with Crippen LogP contribution in [0.2, 0.25) is 0 Å². The van der Waals surface area contributed by atoms with Crippen LogP contribution in [0.5, 0.6) is 0 Å². The predicted octanol–water partition coefficient (Wildman–Crippen LogP) is 1.27. The van der Waals surface area contributed by atoms with E-state index < -0.39 is 41.9 Å². The van der Waals surface area contributed by atoms with Gasteiger partial charge in [-0.3, -0.25) is 14.3 Å². The molecule has 9 heteroatoms. The largest absolute Gasteiger partial charge is 0.394 e. The molecule has 3 aromatic rings. The van der Waals surface area contributed by atoms with Gasteiger partial charge in [-0.2, -0.15) is 0 Å². The third-order valence-electron chi connectivity index (χ3n) is 5.81. The third-order valence-corrected chi connectivity index (χ3v) is 5.81. The van der Waals surface area contributed by atoms with Crippen LogP contribution < -0.4 is 11.2 Å². The number of nitrogens with zero attached hydrogens (tertiary/aromatic N) is 1. The van der Waals surface area contributed by atoms with Crippen molar-refractivity contribution in [2.24, 2.45) is 0 Å². The first kappa shape index (κ1) is 24.1. The second kappa shape index (κ2) is 10.9. The summed E-state index contributed by atoms with van der Waals surface area (Å²) in [5.41, 5.74) is 0.860. The summed E-state index contributed by atoms with van der Waals surface area (Å²) in [5, 5.41) is 21.2. The Kier molecular flexibility index (Phi) is 7.71. The number of hydrogen-bond acceptors (Lipinski definition) is 7. The van der Waals surface area contributed by atoms with E-state index in [4.69, 9.17) is 14.2 Å². The highest BCUT2D eigenvalue weighted by Gasteiger charge is 2.49. The van der Waals surface area contributed by atoms with E-state index in [2.05, 4.69) is 4.98 Å². The van der Waals surface area contributed by atoms with Gasteiger partial charge in [0.15, 0.2) is 6.23 Å². The molecule has 0 saturated carbocycles. The van der Waals surface area contributed by atoms with Crippen molar-refractivity contribution in [3.63, 3.8) is 0 Å². The second-order valence-corrected chi connectivity index (χ2v) is 8.24. The summed E-state index contributed by atoms with van der Waals surface area (Å²) in [6.07, 6.45) is -3.67. The number of benzene rings is 2. The minimum atomic E-state index is -1.26. The van der Waals surface area contributed by atoms with Crippen molar-refractivity contribution >= 4 is 0 Å². The molecule has 1 aromatic heterocycles. The lowest BCUT2D eigenvalue weighted by Crippen LogP contribution is -2.43. The van der Waals surface area contributed by atoms with E-state index in [1.54, 1.807) is 6.92 Å². The van der Waals surface area contributed by atoms with Crippen LogP contribution in [0.4, 0.5) is 0 Å². The number of aromatic nitrogens is 2. The fourth-order valence-corrected chi connectivity index (χ4v) is 3.97. The van der Waals surface area contributed by atoms with Gasteiger partial charge in [-0.05, 0) is 18.1 Å². The summed E-state index contributed by atoms with van der Waals surface area (Å²) in [6.45, 7) is 1.57. The zero-order valence-electron chi connectivity index (χ0n) is 18.7. The van der Waals surface area contributed by atoms with Gasteiger partial charge >= 0.3 is 5.69 Å². The van der Waals surface area contributed by atoms with E-state index in [-0.39, 0.29) is 19.8 Å². The SMILES string of the molecule is Cc1cn([C@@H]2O[C@H]([C@@H](CO)OCc3ccccc3)[C@@H](OCc3ccccc3)[C@H]2O)c(=O)[nH]c1=O. The highest BCUT2D eigenvalue weighted by molar-refractivity contribution is 5.14. The van der Waals surface area contributed by atoms with E-state index >= 15 is 0 Å². The van der Waals surface area contributed by atoms with Gasteiger partial charge in [0.05, 0.1) is 19.8 Å². The highest BCUT2D eigenvalue weighted by Crippen LogP contribution is 2.34. The van der Waals surface area contributed by atoms with E-state index in [9.17, 15) is 19.8 Å². The number of H-pyrrole nitrogens is 1. The van der Waals surface area contributed by atoms with Crippen molar-refractivity contribution in [2.45, 2.75) is 50.8 Å². The summed E-state index contributed by atoms with van der Waals surface area (Å²) in [6, 6.07) is 18.9. The second-order valence-electron chi connectivity index (χ2n) is 8.24. The Morgan fingerprint density at radius 1 is 1.03 bits per heavy atom. The number of aryl methyl sites for hydroxylation is 1. The fraction of sp³-hybridized carbons (Fsp3) is 0.360. The van der Waals surface area contributed by atoms with Crippen molar-refractivity contribution in [1.82, 2.24) is 9.55 Å². The molecule has 3 N–H and O–H groups in total. The molecule has 180 valence electrons. The van der Waals surface area contributed by atoms with Gasteiger partial charge < -0.3 is 24.4 Å².